The van der Waals surface area contributed by atoms with Crippen molar-refractivity contribution in [3.63, 3.8) is 0 Å². The molecule has 0 unspecified atom stereocenters. The Kier molecular flexibility index (Phi) is 6.06. The molecule has 1 aromatic heterocycles. The number of carbonyl (C=O) groups excluding carboxylic acids is 2. The Bertz CT molecular complexity index is 796. The van der Waals surface area contributed by atoms with Gasteiger partial charge in [-0.05, 0) is 57.0 Å². The van der Waals surface area contributed by atoms with Crippen molar-refractivity contribution in [1.29, 1.82) is 0 Å². The van der Waals surface area contributed by atoms with Crippen LogP contribution in [0.1, 0.15) is 37.2 Å². The number of hydrogen-bond acceptors (Lipinski definition) is 4. The number of furan rings is 1. The predicted octanol–water partition coefficient (Wildman–Crippen LogP) is 4.21. The Labute approximate surface area is 163 Å². The highest BCUT2D eigenvalue weighted by molar-refractivity contribution is 6.32. The molecule has 1 aliphatic rings. The number of likely N-dealkylation sites (tertiary alicyclic amines) is 1. The molecule has 2 amide bonds. The number of anilines is 1. The van der Waals surface area contributed by atoms with Crippen LogP contribution in [0.2, 0.25) is 5.02 Å². The number of ether oxygens (including phenoxy) is 1. The summed E-state index contributed by atoms with van der Waals surface area (Å²) < 4.78 is 10.7. The Morgan fingerprint density at radius 3 is 2.59 bits per heavy atom. The fourth-order valence-electron chi connectivity index (χ4n) is 3.07. The van der Waals surface area contributed by atoms with Gasteiger partial charge in [-0.1, -0.05) is 11.6 Å². The minimum Gasteiger partial charge on any atom is -0.489 e. The molecule has 1 N–H and O–H groups in total. The Balaban J connectivity index is 1.54. The molecule has 0 spiro atoms. The van der Waals surface area contributed by atoms with E-state index in [0.717, 1.165) is 0 Å². The summed E-state index contributed by atoms with van der Waals surface area (Å²) in [6.45, 7) is 4.91. The largest absolute Gasteiger partial charge is 0.489 e. The minimum atomic E-state index is -0.143. The van der Waals surface area contributed by atoms with Crippen LogP contribution in [0.25, 0.3) is 0 Å². The predicted molar refractivity (Wildman–Crippen MR) is 103 cm³/mol. The Morgan fingerprint density at radius 2 is 2.00 bits per heavy atom. The average molecular weight is 391 g/mol. The van der Waals surface area contributed by atoms with Crippen LogP contribution >= 0.6 is 11.6 Å². The minimum absolute atomic E-state index is 0.0250. The number of nitrogens with one attached hydrogen (secondary N) is 1. The molecule has 27 heavy (non-hydrogen) atoms. The molecule has 7 heteroatoms. The molecule has 3 rings (SSSR count). The van der Waals surface area contributed by atoms with Gasteiger partial charge in [0.05, 0.1) is 17.4 Å². The van der Waals surface area contributed by atoms with E-state index in [9.17, 15) is 9.59 Å². The number of amides is 2. The molecule has 1 saturated heterocycles. The lowest BCUT2D eigenvalue weighted by Crippen LogP contribution is -2.41. The van der Waals surface area contributed by atoms with Crippen LogP contribution in [-0.2, 0) is 4.79 Å². The Morgan fingerprint density at radius 1 is 1.26 bits per heavy atom. The number of nitrogens with zero attached hydrogens (tertiary/aromatic N) is 1. The second-order valence-electron chi connectivity index (χ2n) is 6.84. The smallest absolute Gasteiger partial charge is 0.289 e. The van der Waals surface area contributed by atoms with E-state index >= 15 is 0 Å². The van der Waals surface area contributed by atoms with Crippen molar-refractivity contribution in [1.82, 2.24) is 4.90 Å². The van der Waals surface area contributed by atoms with Crippen LogP contribution < -0.4 is 10.1 Å². The number of piperidine rings is 1. The molecular weight excluding hydrogens is 368 g/mol. The van der Waals surface area contributed by atoms with Crippen LogP contribution in [0, 0.1) is 5.92 Å². The fraction of sp³-hybridized carbons (Fsp3) is 0.400. The zero-order valence-corrected chi connectivity index (χ0v) is 16.2. The van der Waals surface area contributed by atoms with E-state index < -0.39 is 0 Å². The topological polar surface area (TPSA) is 71.8 Å². The highest BCUT2D eigenvalue weighted by Crippen LogP contribution is 2.29. The molecule has 1 aliphatic heterocycles. The van der Waals surface area contributed by atoms with Crippen LogP contribution in [-0.4, -0.2) is 35.9 Å². The summed E-state index contributed by atoms with van der Waals surface area (Å²) in [6, 6.07) is 8.56. The summed E-state index contributed by atoms with van der Waals surface area (Å²) in [5.41, 5.74) is 0.634. The second kappa shape index (κ2) is 8.48. The van der Waals surface area contributed by atoms with E-state index in [-0.39, 0.29) is 23.8 Å². The standard InChI is InChI=1S/C20H23ClN2O4/c1-13(2)27-17-6-5-15(12-16(17)21)22-19(24)14-7-9-23(10-8-14)20(25)18-4-3-11-26-18/h3-6,11-14H,7-10H2,1-2H3,(H,22,24). The first-order valence-corrected chi connectivity index (χ1v) is 9.41. The van der Waals surface area contributed by atoms with Crippen molar-refractivity contribution in [2.45, 2.75) is 32.8 Å². The fourth-order valence-corrected chi connectivity index (χ4v) is 3.30. The maximum Gasteiger partial charge on any atom is 0.289 e. The maximum atomic E-state index is 12.5. The van der Waals surface area contributed by atoms with Gasteiger partial charge in [-0.2, -0.15) is 0 Å². The molecule has 0 atom stereocenters. The summed E-state index contributed by atoms with van der Waals surface area (Å²) in [4.78, 5) is 26.5. The summed E-state index contributed by atoms with van der Waals surface area (Å²) >= 11 is 6.22. The van der Waals surface area contributed by atoms with Crippen molar-refractivity contribution in [2.75, 3.05) is 18.4 Å². The molecular formula is C20H23ClN2O4. The van der Waals surface area contributed by atoms with Gasteiger partial charge in [-0.3, -0.25) is 9.59 Å². The van der Waals surface area contributed by atoms with Gasteiger partial charge in [0, 0.05) is 24.7 Å². The first-order chi connectivity index (χ1) is 12.9. The molecule has 0 saturated carbocycles. The zero-order valence-electron chi connectivity index (χ0n) is 15.4. The van der Waals surface area contributed by atoms with Gasteiger partial charge in [0.2, 0.25) is 5.91 Å². The third-order valence-electron chi connectivity index (χ3n) is 4.45. The SMILES string of the molecule is CC(C)Oc1ccc(NC(=O)C2CCN(C(=O)c3ccco3)CC2)cc1Cl. The molecule has 0 aliphatic carbocycles. The van der Waals surface area contributed by atoms with Crippen LogP contribution in [0.5, 0.6) is 5.75 Å². The van der Waals surface area contributed by atoms with Crippen LogP contribution in [0.3, 0.4) is 0 Å². The third kappa shape index (κ3) is 4.83. The molecule has 1 fully saturated rings. The second-order valence-corrected chi connectivity index (χ2v) is 7.25. The number of rotatable bonds is 5. The maximum absolute atomic E-state index is 12.5. The van der Waals surface area contributed by atoms with Gasteiger partial charge < -0.3 is 19.4 Å². The van der Waals surface area contributed by atoms with Gasteiger partial charge in [0.25, 0.3) is 5.91 Å². The average Bonchev–Trinajstić information content (AvgIpc) is 3.18. The van der Waals surface area contributed by atoms with Gasteiger partial charge in [-0.15, -0.1) is 0 Å². The van der Waals surface area contributed by atoms with Gasteiger partial charge in [-0.25, -0.2) is 0 Å². The molecule has 0 bridgehead atoms. The van der Waals surface area contributed by atoms with Crippen molar-refractivity contribution >= 4 is 29.1 Å². The summed E-state index contributed by atoms with van der Waals surface area (Å²) in [7, 11) is 0. The summed E-state index contributed by atoms with van der Waals surface area (Å²) in [5, 5.41) is 3.36. The van der Waals surface area contributed by atoms with Crippen LogP contribution in [0.15, 0.2) is 41.0 Å². The van der Waals surface area contributed by atoms with Crippen LogP contribution in [0.4, 0.5) is 5.69 Å². The lowest BCUT2D eigenvalue weighted by Gasteiger charge is -2.30. The number of halogens is 1. The van der Waals surface area contributed by atoms with Crippen molar-refractivity contribution in [3.05, 3.63) is 47.4 Å². The zero-order chi connectivity index (χ0) is 19.4. The monoisotopic (exact) mass is 390 g/mol. The van der Waals surface area contributed by atoms with Gasteiger partial charge in [0.1, 0.15) is 5.75 Å². The first-order valence-electron chi connectivity index (χ1n) is 9.04. The molecule has 6 nitrogen and oxygen atoms in total. The summed E-state index contributed by atoms with van der Waals surface area (Å²) in [6.07, 6.45) is 2.73. The molecule has 1 aromatic carbocycles. The number of carbonyl (C=O) groups is 2. The first kappa shape index (κ1) is 19.3. The molecule has 2 heterocycles. The van der Waals surface area contributed by atoms with E-state index in [4.69, 9.17) is 20.8 Å². The molecule has 144 valence electrons. The van der Waals surface area contributed by atoms with E-state index in [1.807, 2.05) is 13.8 Å². The van der Waals surface area contributed by atoms with E-state index in [0.29, 0.717) is 48.2 Å². The lowest BCUT2D eigenvalue weighted by molar-refractivity contribution is -0.121. The third-order valence-corrected chi connectivity index (χ3v) is 4.74. The van der Waals surface area contributed by atoms with E-state index in [1.54, 1.807) is 35.2 Å². The lowest BCUT2D eigenvalue weighted by atomic mass is 9.95. The number of benzene rings is 1. The van der Waals surface area contributed by atoms with Gasteiger partial charge >= 0.3 is 0 Å². The van der Waals surface area contributed by atoms with Crippen molar-refractivity contribution in [2.24, 2.45) is 5.92 Å². The highest BCUT2D eigenvalue weighted by atomic mass is 35.5. The van der Waals surface area contributed by atoms with E-state index in [2.05, 4.69) is 5.32 Å². The Hall–Kier alpha value is -2.47. The molecule has 0 radical (unpaired) electrons. The summed E-state index contributed by atoms with van der Waals surface area (Å²) in [5.74, 6) is 0.585. The van der Waals surface area contributed by atoms with E-state index in [1.165, 1.54) is 6.26 Å². The normalized spacial score (nSPS) is 15.0. The quantitative estimate of drug-likeness (QED) is 0.830. The molecule has 2 aromatic rings. The highest BCUT2D eigenvalue weighted by Gasteiger charge is 2.28. The van der Waals surface area contributed by atoms with Gasteiger partial charge in [0.15, 0.2) is 5.76 Å². The van der Waals surface area contributed by atoms with Crippen molar-refractivity contribution < 1.29 is 18.7 Å². The number of hydrogen-bond donors (Lipinski definition) is 1. The van der Waals surface area contributed by atoms with Crippen molar-refractivity contribution in [3.8, 4) is 5.75 Å².